The molecule has 0 aliphatic rings. The third kappa shape index (κ3) is 3.61. The van der Waals surface area contributed by atoms with Gasteiger partial charge in [0.1, 0.15) is 11.3 Å². The van der Waals surface area contributed by atoms with Crippen molar-refractivity contribution in [3.63, 3.8) is 0 Å². The first-order chi connectivity index (χ1) is 8.82. The molecule has 0 radical (unpaired) electrons. The van der Waals surface area contributed by atoms with Gasteiger partial charge in [-0.25, -0.2) is 4.79 Å². The van der Waals surface area contributed by atoms with Gasteiger partial charge < -0.3 is 9.47 Å². The molecule has 4 nitrogen and oxygen atoms in total. The van der Waals surface area contributed by atoms with Gasteiger partial charge in [-0.3, -0.25) is 0 Å². The Kier molecular flexibility index (Phi) is 4.38. The molecular weight excluding hydrogens is 263 g/mol. The van der Waals surface area contributed by atoms with Crippen LogP contribution in [0.3, 0.4) is 0 Å². The van der Waals surface area contributed by atoms with E-state index in [0.717, 1.165) is 13.2 Å². The highest BCUT2D eigenvalue weighted by Crippen LogP contribution is 2.32. The van der Waals surface area contributed by atoms with E-state index in [1.54, 1.807) is 13.0 Å². The van der Waals surface area contributed by atoms with Crippen molar-refractivity contribution >= 4 is 5.97 Å². The lowest BCUT2D eigenvalue weighted by atomic mass is 10.0. The summed E-state index contributed by atoms with van der Waals surface area (Å²) in [5, 5.41) is 8.79. The van der Waals surface area contributed by atoms with E-state index >= 15 is 0 Å². The van der Waals surface area contributed by atoms with Crippen LogP contribution in [-0.2, 0) is 11.2 Å². The van der Waals surface area contributed by atoms with Gasteiger partial charge in [0.25, 0.3) is 0 Å². The predicted molar refractivity (Wildman–Crippen MR) is 58.6 cm³/mol. The Morgan fingerprint density at radius 2 is 2.05 bits per heavy atom. The fourth-order valence-corrected chi connectivity index (χ4v) is 1.51. The molecule has 0 saturated heterocycles. The lowest BCUT2D eigenvalue weighted by molar-refractivity contribution is -0.275. The van der Waals surface area contributed by atoms with Crippen LogP contribution in [0, 0.1) is 11.3 Å². The van der Waals surface area contributed by atoms with Crippen molar-refractivity contribution in [3.8, 4) is 11.8 Å². The van der Waals surface area contributed by atoms with E-state index in [1.165, 1.54) is 6.07 Å². The van der Waals surface area contributed by atoms with Crippen molar-refractivity contribution in [2.75, 3.05) is 7.11 Å². The van der Waals surface area contributed by atoms with Crippen LogP contribution in [0.25, 0.3) is 0 Å². The van der Waals surface area contributed by atoms with Crippen LogP contribution in [-0.4, -0.2) is 19.4 Å². The van der Waals surface area contributed by atoms with Crippen LogP contribution < -0.4 is 4.74 Å². The van der Waals surface area contributed by atoms with E-state index in [-0.39, 0.29) is 17.5 Å². The van der Waals surface area contributed by atoms with E-state index in [1.807, 2.05) is 0 Å². The number of esters is 1. The Morgan fingerprint density at radius 1 is 1.42 bits per heavy atom. The Labute approximate surface area is 107 Å². The van der Waals surface area contributed by atoms with Crippen molar-refractivity contribution in [2.45, 2.75) is 19.7 Å². The highest BCUT2D eigenvalue weighted by atomic mass is 19.4. The number of hydrogen-bond donors (Lipinski definition) is 0. The molecule has 0 saturated carbocycles. The number of carbonyl (C=O) groups excluding carboxylic acids is 1. The van der Waals surface area contributed by atoms with Gasteiger partial charge in [0.2, 0.25) is 0 Å². The van der Waals surface area contributed by atoms with Crippen molar-refractivity contribution in [3.05, 3.63) is 28.8 Å². The average Bonchev–Trinajstić information content (AvgIpc) is 2.36. The summed E-state index contributed by atoms with van der Waals surface area (Å²) in [7, 11) is 1.03. The molecule has 0 heterocycles. The minimum Gasteiger partial charge on any atom is -0.465 e. The Morgan fingerprint density at radius 3 is 2.47 bits per heavy atom. The monoisotopic (exact) mass is 273 g/mol. The summed E-state index contributed by atoms with van der Waals surface area (Å²) in [6.07, 6.45) is -4.76. The maximum Gasteiger partial charge on any atom is 0.573 e. The Balaban J connectivity index is 3.47. The molecule has 19 heavy (non-hydrogen) atoms. The molecule has 0 fully saturated rings. The lowest BCUT2D eigenvalue weighted by Crippen LogP contribution is -2.20. The number of methoxy groups -OCH3 is 1. The minimum absolute atomic E-state index is 0.0618. The largest absolute Gasteiger partial charge is 0.573 e. The molecule has 1 aromatic rings. The number of benzene rings is 1. The number of carbonyl (C=O) groups is 1. The second-order valence-electron chi connectivity index (χ2n) is 3.52. The van der Waals surface area contributed by atoms with Crippen molar-refractivity contribution < 1.29 is 27.4 Å². The Bertz CT molecular complexity index is 532. The van der Waals surface area contributed by atoms with Gasteiger partial charge in [0.05, 0.1) is 18.7 Å². The van der Waals surface area contributed by atoms with Gasteiger partial charge in [0, 0.05) is 0 Å². The molecule has 0 N–H and O–H groups in total. The molecular formula is C12H10F3NO3. The van der Waals surface area contributed by atoms with Crippen LogP contribution in [0.1, 0.15) is 28.4 Å². The second-order valence-corrected chi connectivity index (χ2v) is 3.52. The molecule has 0 spiro atoms. The lowest BCUT2D eigenvalue weighted by Gasteiger charge is -2.16. The summed E-state index contributed by atoms with van der Waals surface area (Å²) in [4.78, 5) is 11.5. The summed E-state index contributed by atoms with van der Waals surface area (Å²) in [6.45, 7) is 1.58. The molecule has 7 heteroatoms. The number of hydrogen-bond acceptors (Lipinski definition) is 4. The summed E-state index contributed by atoms with van der Waals surface area (Å²) in [6, 6.07) is 4.02. The van der Waals surface area contributed by atoms with Gasteiger partial charge >= 0.3 is 12.3 Å². The van der Waals surface area contributed by atoms with Crippen molar-refractivity contribution in [1.29, 1.82) is 5.26 Å². The van der Waals surface area contributed by atoms with Crippen LogP contribution in [0.15, 0.2) is 12.1 Å². The van der Waals surface area contributed by atoms with E-state index in [9.17, 15) is 18.0 Å². The molecule has 0 bridgehead atoms. The molecule has 102 valence electrons. The highest BCUT2D eigenvalue weighted by molar-refractivity contribution is 5.93. The average molecular weight is 273 g/mol. The molecule has 1 rings (SSSR count). The van der Waals surface area contributed by atoms with Gasteiger partial charge in [-0.2, -0.15) is 5.26 Å². The van der Waals surface area contributed by atoms with Gasteiger partial charge in [0.15, 0.2) is 0 Å². The maximum atomic E-state index is 12.3. The molecule has 0 amide bonds. The van der Waals surface area contributed by atoms with Crippen molar-refractivity contribution in [2.24, 2.45) is 0 Å². The molecule has 0 unspecified atom stereocenters. The summed E-state index contributed by atoms with van der Waals surface area (Å²) in [5.41, 5.74) is -0.251. The van der Waals surface area contributed by atoms with E-state index in [4.69, 9.17) is 5.26 Å². The fraction of sp³-hybridized carbons (Fsp3) is 0.333. The maximum absolute atomic E-state index is 12.3. The standard InChI is InChI=1S/C12H10F3NO3/c1-3-8-4-7(6-16)5-9(11(17)18-2)10(8)19-12(13,14)15/h4-5H,3H2,1-2H3. The summed E-state index contributed by atoms with van der Waals surface area (Å²) < 4.78 is 45.3. The first kappa shape index (κ1) is 14.8. The second kappa shape index (κ2) is 5.61. The zero-order valence-electron chi connectivity index (χ0n) is 10.2. The zero-order valence-corrected chi connectivity index (χ0v) is 10.2. The first-order valence-corrected chi connectivity index (χ1v) is 5.23. The van der Waals surface area contributed by atoms with Gasteiger partial charge in [-0.1, -0.05) is 6.92 Å². The van der Waals surface area contributed by atoms with Gasteiger partial charge in [-0.15, -0.1) is 13.2 Å². The normalized spacial score (nSPS) is 10.7. The van der Waals surface area contributed by atoms with E-state index in [2.05, 4.69) is 9.47 Å². The third-order valence-electron chi connectivity index (χ3n) is 2.30. The number of halogens is 3. The molecule has 0 aromatic heterocycles. The molecule has 0 aliphatic carbocycles. The van der Waals surface area contributed by atoms with E-state index in [0.29, 0.717) is 0 Å². The van der Waals surface area contributed by atoms with Gasteiger partial charge in [-0.05, 0) is 24.1 Å². The SMILES string of the molecule is CCc1cc(C#N)cc(C(=O)OC)c1OC(F)(F)F. The van der Waals surface area contributed by atoms with Crippen LogP contribution in [0.4, 0.5) is 13.2 Å². The quantitative estimate of drug-likeness (QED) is 0.794. The molecule has 0 atom stereocenters. The Hall–Kier alpha value is -2.23. The van der Waals surface area contributed by atoms with E-state index < -0.39 is 23.6 Å². The summed E-state index contributed by atoms with van der Waals surface area (Å²) in [5.74, 6) is -1.62. The smallest absolute Gasteiger partial charge is 0.465 e. The number of nitrogens with zero attached hydrogens (tertiary/aromatic N) is 1. The number of alkyl halides is 3. The number of aryl methyl sites for hydroxylation is 1. The fourth-order valence-electron chi connectivity index (χ4n) is 1.51. The molecule has 1 aromatic carbocycles. The predicted octanol–water partition coefficient (Wildman–Crippen LogP) is 2.81. The first-order valence-electron chi connectivity index (χ1n) is 5.23. The highest BCUT2D eigenvalue weighted by Gasteiger charge is 2.34. The van der Waals surface area contributed by atoms with Crippen molar-refractivity contribution in [1.82, 2.24) is 0 Å². The van der Waals surface area contributed by atoms with Crippen LogP contribution >= 0.6 is 0 Å². The number of nitriles is 1. The molecule has 0 aliphatic heterocycles. The number of ether oxygens (including phenoxy) is 2. The summed E-state index contributed by atoms with van der Waals surface area (Å²) >= 11 is 0. The number of rotatable bonds is 3. The topological polar surface area (TPSA) is 59.3 Å². The third-order valence-corrected chi connectivity index (χ3v) is 2.30. The van der Waals surface area contributed by atoms with Crippen LogP contribution in [0.5, 0.6) is 5.75 Å². The zero-order chi connectivity index (χ0) is 14.6. The minimum atomic E-state index is -4.93. The van der Waals surface area contributed by atoms with Crippen LogP contribution in [0.2, 0.25) is 0 Å².